The molecule has 134 valence electrons. The number of nitrogens with two attached hydrogens (primary N) is 1. The monoisotopic (exact) mass is 370 g/mol. The number of amides is 1. The van der Waals surface area contributed by atoms with Gasteiger partial charge < -0.3 is 15.8 Å². The Labute approximate surface area is 153 Å². The number of thiophene rings is 1. The third-order valence-electron chi connectivity index (χ3n) is 6.42. The molecular formula is C18H27ClN2O2S. The lowest BCUT2D eigenvalue weighted by molar-refractivity contribution is -0.225. The van der Waals surface area contributed by atoms with Gasteiger partial charge in [0.2, 0.25) is 5.91 Å². The number of hydrogen-bond donors (Lipinski definition) is 2. The molecule has 4 unspecified atom stereocenters. The Morgan fingerprint density at radius 1 is 1.38 bits per heavy atom. The molecule has 4 nitrogen and oxygen atoms in total. The Balaban J connectivity index is 0.00000169. The summed E-state index contributed by atoms with van der Waals surface area (Å²) in [6.07, 6.45) is 5.39. The molecule has 0 radical (unpaired) electrons. The second-order valence-electron chi connectivity index (χ2n) is 7.85. The molecule has 3 aliphatic rings. The zero-order valence-corrected chi connectivity index (χ0v) is 16.0. The van der Waals surface area contributed by atoms with E-state index >= 15 is 0 Å². The maximum absolute atomic E-state index is 13.1. The molecule has 1 aromatic heterocycles. The van der Waals surface area contributed by atoms with Crippen LogP contribution in [0.5, 0.6) is 0 Å². The number of fused-ring (bicyclic) bond motifs is 2. The first-order chi connectivity index (χ1) is 11.0. The van der Waals surface area contributed by atoms with Crippen LogP contribution in [-0.2, 0) is 16.0 Å². The number of hydrogen-bond acceptors (Lipinski definition) is 4. The molecule has 2 heterocycles. The number of nitrogens with one attached hydrogen (secondary N) is 1. The number of ether oxygens (including phenoxy) is 1. The molecule has 1 saturated carbocycles. The second kappa shape index (κ2) is 6.27. The minimum atomic E-state index is -0.814. The lowest BCUT2D eigenvalue weighted by Crippen LogP contribution is -2.82. The summed E-state index contributed by atoms with van der Waals surface area (Å²) in [6, 6.07) is 2.28. The molecular weight excluding hydrogens is 344 g/mol. The van der Waals surface area contributed by atoms with Gasteiger partial charge in [-0.1, -0.05) is 13.8 Å². The number of carbonyl (C=O) groups excluding carboxylic acids is 1. The van der Waals surface area contributed by atoms with Crippen molar-refractivity contribution in [3.05, 3.63) is 21.9 Å². The van der Waals surface area contributed by atoms with Gasteiger partial charge in [0.05, 0.1) is 12.1 Å². The van der Waals surface area contributed by atoms with Crippen molar-refractivity contribution in [3.63, 3.8) is 0 Å². The van der Waals surface area contributed by atoms with Gasteiger partial charge >= 0.3 is 0 Å². The van der Waals surface area contributed by atoms with E-state index in [0.29, 0.717) is 0 Å². The SMILES string of the molecule is CC1(C)C2OCCCC2C1(N)C(=O)NC1CCCc2sccc21.Cl. The largest absolute Gasteiger partial charge is 0.377 e. The van der Waals surface area contributed by atoms with E-state index in [1.54, 1.807) is 11.3 Å². The van der Waals surface area contributed by atoms with Crippen LogP contribution in [0.2, 0.25) is 0 Å². The summed E-state index contributed by atoms with van der Waals surface area (Å²) in [5.74, 6) is 0.162. The molecule has 0 bridgehead atoms. The lowest BCUT2D eigenvalue weighted by Gasteiger charge is -2.65. The van der Waals surface area contributed by atoms with Gasteiger partial charge in [-0.15, -0.1) is 23.7 Å². The van der Waals surface area contributed by atoms with E-state index in [2.05, 4.69) is 30.6 Å². The minimum absolute atomic E-state index is 0. The van der Waals surface area contributed by atoms with Crippen molar-refractivity contribution in [1.29, 1.82) is 0 Å². The van der Waals surface area contributed by atoms with Crippen molar-refractivity contribution in [1.82, 2.24) is 5.32 Å². The topological polar surface area (TPSA) is 64.3 Å². The van der Waals surface area contributed by atoms with Crippen molar-refractivity contribution < 1.29 is 9.53 Å². The van der Waals surface area contributed by atoms with E-state index < -0.39 is 5.54 Å². The van der Waals surface area contributed by atoms with Crippen LogP contribution in [0.4, 0.5) is 0 Å². The lowest BCUT2D eigenvalue weighted by atomic mass is 9.46. The Hall–Kier alpha value is -0.620. The quantitative estimate of drug-likeness (QED) is 0.840. The highest BCUT2D eigenvalue weighted by molar-refractivity contribution is 7.10. The van der Waals surface area contributed by atoms with Crippen LogP contribution in [0, 0.1) is 11.3 Å². The summed E-state index contributed by atoms with van der Waals surface area (Å²) in [5.41, 5.74) is 6.87. The maximum atomic E-state index is 13.1. The standard InChI is InChI=1S/C18H26N2O2S.ClH/c1-17(2)15-12(5-4-9-22-15)18(17,19)16(21)20-13-6-3-7-14-11(13)8-10-23-14;/h8,10,12-13,15H,3-7,9,19H2,1-2H3,(H,20,21);1H. The predicted molar refractivity (Wildman–Crippen MR) is 98.6 cm³/mol. The zero-order chi connectivity index (χ0) is 16.2. The molecule has 1 aromatic rings. The third kappa shape index (κ3) is 2.36. The number of carbonyl (C=O) groups is 1. The van der Waals surface area contributed by atoms with Crippen LogP contribution in [0.1, 0.15) is 56.0 Å². The molecule has 2 aliphatic carbocycles. The van der Waals surface area contributed by atoms with Gasteiger partial charge in [-0.3, -0.25) is 4.79 Å². The molecule has 6 heteroatoms. The summed E-state index contributed by atoms with van der Waals surface area (Å²) in [7, 11) is 0. The van der Waals surface area contributed by atoms with Gasteiger partial charge in [0.25, 0.3) is 0 Å². The summed E-state index contributed by atoms with van der Waals surface area (Å²) < 4.78 is 5.91. The van der Waals surface area contributed by atoms with Crippen LogP contribution in [0.15, 0.2) is 11.4 Å². The van der Waals surface area contributed by atoms with Gasteiger partial charge in [-0.25, -0.2) is 0 Å². The van der Waals surface area contributed by atoms with Crippen molar-refractivity contribution in [3.8, 4) is 0 Å². The Kier molecular flexibility index (Phi) is 4.75. The summed E-state index contributed by atoms with van der Waals surface area (Å²) in [4.78, 5) is 14.5. The molecule has 0 spiro atoms. The van der Waals surface area contributed by atoms with E-state index in [1.807, 2.05) is 0 Å². The predicted octanol–water partition coefficient (Wildman–Crippen LogP) is 3.20. The second-order valence-corrected chi connectivity index (χ2v) is 8.85. The molecule has 4 atom stereocenters. The van der Waals surface area contributed by atoms with Crippen LogP contribution in [0.25, 0.3) is 0 Å². The molecule has 1 saturated heterocycles. The van der Waals surface area contributed by atoms with Gasteiger partial charge in [0.1, 0.15) is 5.54 Å². The minimum Gasteiger partial charge on any atom is -0.377 e. The molecule has 3 N–H and O–H groups in total. The number of aryl methyl sites for hydroxylation is 1. The molecule has 1 aliphatic heterocycles. The Morgan fingerprint density at radius 3 is 2.96 bits per heavy atom. The van der Waals surface area contributed by atoms with Crippen molar-refractivity contribution in [2.45, 2.75) is 63.6 Å². The molecule has 2 fully saturated rings. The normalized spacial score (nSPS) is 36.5. The molecule has 1 amide bonds. The van der Waals surface area contributed by atoms with Gasteiger partial charge in [0.15, 0.2) is 0 Å². The molecule has 24 heavy (non-hydrogen) atoms. The fourth-order valence-electron chi connectivity index (χ4n) is 4.95. The molecule has 4 rings (SSSR count). The first-order valence-corrected chi connectivity index (χ1v) is 9.62. The van der Waals surface area contributed by atoms with E-state index in [0.717, 1.165) is 38.7 Å². The van der Waals surface area contributed by atoms with Crippen LogP contribution < -0.4 is 11.1 Å². The Morgan fingerprint density at radius 2 is 2.17 bits per heavy atom. The van der Waals surface area contributed by atoms with Crippen molar-refractivity contribution >= 4 is 29.7 Å². The van der Waals surface area contributed by atoms with Crippen LogP contribution in [0.3, 0.4) is 0 Å². The highest BCUT2D eigenvalue weighted by atomic mass is 35.5. The van der Waals surface area contributed by atoms with Crippen LogP contribution >= 0.6 is 23.7 Å². The fourth-order valence-corrected chi connectivity index (χ4v) is 5.94. The first-order valence-electron chi connectivity index (χ1n) is 8.74. The number of halogens is 1. The van der Waals surface area contributed by atoms with Crippen molar-refractivity contribution in [2.75, 3.05) is 6.61 Å². The zero-order valence-electron chi connectivity index (χ0n) is 14.3. The number of rotatable bonds is 2. The van der Waals surface area contributed by atoms with Crippen molar-refractivity contribution in [2.24, 2.45) is 17.1 Å². The van der Waals surface area contributed by atoms with Crippen LogP contribution in [-0.4, -0.2) is 24.2 Å². The fraction of sp³-hybridized carbons (Fsp3) is 0.722. The van der Waals surface area contributed by atoms with E-state index in [-0.39, 0.29) is 41.8 Å². The van der Waals surface area contributed by atoms with Gasteiger partial charge in [-0.2, -0.15) is 0 Å². The summed E-state index contributed by atoms with van der Waals surface area (Å²) in [5, 5.41) is 5.41. The third-order valence-corrected chi connectivity index (χ3v) is 7.41. The smallest absolute Gasteiger partial charge is 0.241 e. The van der Waals surface area contributed by atoms with E-state index in [1.165, 1.54) is 10.4 Å². The Bertz CT molecular complexity index is 632. The average Bonchev–Trinajstić information content (AvgIpc) is 3.03. The van der Waals surface area contributed by atoms with Gasteiger partial charge in [-0.05, 0) is 49.1 Å². The highest BCUT2D eigenvalue weighted by Crippen LogP contribution is 2.57. The first kappa shape index (κ1) is 18.2. The molecule has 0 aromatic carbocycles. The summed E-state index contributed by atoms with van der Waals surface area (Å²) in [6.45, 7) is 4.95. The maximum Gasteiger partial charge on any atom is 0.241 e. The summed E-state index contributed by atoms with van der Waals surface area (Å²) >= 11 is 1.80. The average molecular weight is 371 g/mol. The van der Waals surface area contributed by atoms with E-state index in [4.69, 9.17) is 10.5 Å². The van der Waals surface area contributed by atoms with Gasteiger partial charge in [0, 0.05) is 22.8 Å². The van der Waals surface area contributed by atoms with E-state index in [9.17, 15) is 4.79 Å². The highest BCUT2D eigenvalue weighted by Gasteiger charge is 2.70.